The van der Waals surface area contributed by atoms with Crippen molar-refractivity contribution in [3.05, 3.63) is 23.8 Å². The van der Waals surface area contributed by atoms with Crippen molar-refractivity contribution in [1.29, 1.82) is 0 Å². The van der Waals surface area contributed by atoms with E-state index in [0.717, 1.165) is 25.7 Å². The molecule has 0 unspecified atom stereocenters. The van der Waals surface area contributed by atoms with E-state index in [1.54, 1.807) is 34.5 Å². The molecule has 0 aromatic heterocycles. The molecule has 1 amide bonds. The molecule has 0 bridgehead atoms. The van der Waals surface area contributed by atoms with E-state index in [1.807, 2.05) is 0 Å². The van der Waals surface area contributed by atoms with Crippen LogP contribution in [0.2, 0.25) is 0 Å². The van der Waals surface area contributed by atoms with E-state index < -0.39 is 10.2 Å². The number of rotatable bonds is 5. The predicted octanol–water partition coefficient (Wildman–Crippen LogP) is 1.58. The number of methoxy groups -OCH3 is 2. The highest BCUT2D eigenvalue weighted by atomic mass is 32.2. The van der Waals surface area contributed by atoms with Gasteiger partial charge in [-0.05, 0) is 31.0 Å². The van der Waals surface area contributed by atoms with Crippen molar-refractivity contribution in [2.24, 2.45) is 0 Å². The SMILES string of the molecule is COc1ccc(C(=O)N2CCN(S(=O)(=O)N3CCCCCC3)CC2)cc1OC. The second kappa shape index (κ2) is 9.11. The topological polar surface area (TPSA) is 79.4 Å². The molecule has 0 radical (unpaired) electrons. The van der Waals surface area contributed by atoms with Gasteiger partial charge in [-0.2, -0.15) is 17.0 Å². The van der Waals surface area contributed by atoms with Gasteiger partial charge >= 0.3 is 0 Å². The zero-order valence-corrected chi connectivity index (χ0v) is 17.4. The highest BCUT2D eigenvalue weighted by molar-refractivity contribution is 7.86. The predicted molar refractivity (Wildman–Crippen MR) is 106 cm³/mol. The molecule has 0 N–H and O–H groups in total. The maximum Gasteiger partial charge on any atom is 0.282 e. The maximum atomic E-state index is 12.9. The van der Waals surface area contributed by atoms with E-state index in [-0.39, 0.29) is 5.91 Å². The molecule has 0 aliphatic carbocycles. The minimum Gasteiger partial charge on any atom is -0.493 e. The van der Waals surface area contributed by atoms with Gasteiger partial charge in [0.05, 0.1) is 14.2 Å². The molecule has 0 atom stereocenters. The molecule has 28 heavy (non-hydrogen) atoms. The van der Waals surface area contributed by atoms with Crippen LogP contribution in [0.5, 0.6) is 11.5 Å². The lowest BCUT2D eigenvalue weighted by molar-refractivity contribution is 0.0693. The molecule has 2 aliphatic rings. The molecule has 9 heteroatoms. The number of benzene rings is 1. The summed E-state index contributed by atoms with van der Waals surface area (Å²) < 4.78 is 39.4. The Hall–Kier alpha value is -1.84. The van der Waals surface area contributed by atoms with Crippen LogP contribution in [0.15, 0.2) is 18.2 Å². The average Bonchev–Trinajstić information content (AvgIpc) is 3.03. The van der Waals surface area contributed by atoms with Gasteiger partial charge in [0, 0.05) is 44.8 Å². The average molecular weight is 412 g/mol. The number of carbonyl (C=O) groups excluding carboxylic acids is 1. The van der Waals surface area contributed by atoms with Crippen LogP contribution in [-0.2, 0) is 10.2 Å². The Balaban J connectivity index is 1.64. The quantitative estimate of drug-likeness (QED) is 0.735. The Morgan fingerprint density at radius 2 is 1.39 bits per heavy atom. The van der Waals surface area contributed by atoms with Crippen molar-refractivity contribution in [3.63, 3.8) is 0 Å². The van der Waals surface area contributed by atoms with Crippen LogP contribution in [0.4, 0.5) is 0 Å². The van der Waals surface area contributed by atoms with E-state index in [2.05, 4.69) is 0 Å². The number of amides is 1. The normalized spacial score (nSPS) is 19.9. The van der Waals surface area contributed by atoms with Gasteiger partial charge in [0.15, 0.2) is 11.5 Å². The molecule has 0 saturated carbocycles. The standard InChI is InChI=1S/C19H29N3O5S/c1-26-17-8-7-16(15-18(17)27-2)19(23)20-11-13-22(14-12-20)28(24,25)21-9-5-3-4-6-10-21/h7-8,15H,3-6,9-14H2,1-2H3. The van der Waals surface area contributed by atoms with Gasteiger partial charge in [0.25, 0.3) is 16.1 Å². The maximum absolute atomic E-state index is 12.9. The summed E-state index contributed by atoms with van der Waals surface area (Å²) in [4.78, 5) is 14.5. The lowest BCUT2D eigenvalue weighted by Gasteiger charge is -2.36. The zero-order valence-electron chi connectivity index (χ0n) is 16.6. The van der Waals surface area contributed by atoms with E-state index in [9.17, 15) is 13.2 Å². The number of hydrogen-bond donors (Lipinski definition) is 0. The first kappa shape index (κ1) is 20.9. The molecule has 2 aliphatic heterocycles. The molecule has 1 aromatic carbocycles. The van der Waals surface area contributed by atoms with Gasteiger partial charge < -0.3 is 14.4 Å². The smallest absolute Gasteiger partial charge is 0.282 e. The van der Waals surface area contributed by atoms with Gasteiger partial charge in [0.1, 0.15) is 0 Å². The first-order valence-electron chi connectivity index (χ1n) is 9.74. The van der Waals surface area contributed by atoms with Gasteiger partial charge in [0.2, 0.25) is 0 Å². The van der Waals surface area contributed by atoms with E-state index >= 15 is 0 Å². The summed E-state index contributed by atoms with van der Waals surface area (Å²) in [6.45, 7) is 2.57. The van der Waals surface area contributed by atoms with Gasteiger partial charge in [-0.25, -0.2) is 0 Å². The van der Waals surface area contributed by atoms with Crippen LogP contribution in [0.25, 0.3) is 0 Å². The molecule has 2 heterocycles. The second-order valence-corrected chi connectivity index (χ2v) is 9.01. The number of ether oxygens (including phenoxy) is 2. The van der Waals surface area contributed by atoms with Gasteiger partial charge in [-0.3, -0.25) is 4.79 Å². The monoisotopic (exact) mass is 411 g/mol. The number of piperazine rings is 1. The zero-order chi connectivity index (χ0) is 20.1. The Morgan fingerprint density at radius 3 is 1.96 bits per heavy atom. The van der Waals surface area contributed by atoms with Crippen LogP contribution < -0.4 is 9.47 Å². The molecule has 2 fully saturated rings. The Morgan fingerprint density at radius 1 is 0.821 bits per heavy atom. The highest BCUT2D eigenvalue weighted by Gasteiger charge is 2.33. The number of carbonyl (C=O) groups is 1. The molecule has 8 nitrogen and oxygen atoms in total. The minimum atomic E-state index is -3.45. The van der Waals surface area contributed by atoms with Crippen molar-refractivity contribution < 1.29 is 22.7 Å². The summed E-state index contributed by atoms with van der Waals surface area (Å²) in [6, 6.07) is 5.05. The van der Waals surface area contributed by atoms with Crippen molar-refractivity contribution in [2.45, 2.75) is 25.7 Å². The Labute approximate surface area is 167 Å². The van der Waals surface area contributed by atoms with Gasteiger partial charge in [-0.15, -0.1) is 0 Å². The molecule has 3 rings (SSSR count). The van der Waals surface area contributed by atoms with Crippen molar-refractivity contribution in [3.8, 4) is 11.5 Å². The van der Waals surface area contributed by atoms with E-state index in [1.165, 1.54) is 11.4 Å². The lowest BCUT2D eigenvalue weighted by atomic mass is 10.1. The fourth-order valence-corrected chi connectivity index (χ4v) is 5.38. The van der Waals surface area contributed by atoms with Crippen LogP contribution in [0.1, 0.15) is 36.0 Å². The molecule has 156 valence electrons. The van der Waals surface area contributed by atoms with Crippen LogP contribution in [0, 0.1) is 0 Å². The summed E-state index contributed by atoms with van der Waals surface area (Å²) in [6.07, 6.45) is 3.99. The summed E-state index contributed by atoms with van der Waals surface area (Å²) in [5, 5.41) is 0. The third-order valence-corrected chi connectivity index (χ3v) is 7.41. The third kappa shape index (κ3) is 4.42. The van der Waals surface area contributed by atoms with Crippen LogP contribution >= 0.6 is 0 Å². The fourth-order valence-electron chi connectivity index (χ4n) is 3.71. The minimum absolute atomic E-state index is 0.132. The van der Waals surface area contributed by atoms with Crippen molar-refractivity contribution in [2.75, 3.05) is 53.5 Å². The third-order valence-electron chi connectivity index (χ3n) is 5.37. The second-order valence-electron chi connectivity index (χ2n) is 7.08. The van der Waals surface area contributed by atoms with Crippen molar-refractivity contribution >= 4 is 16.1 Å². The van der Waals surface area contributed by atoms with Crippen LogP contribution in [-0.4, -0.2) is 81.3 Å². The highest BCUT2D eigenvalue weighted by Crippen LogP contribution is 2.28. The Kier molecular flexibility index (Phi) is 6.79. The number of nitrogens with zero attached hydrogens (tertiary/aromatic N) is 3. The summed E-state index contributed by atoms with van der Waals surface area (Å²) in [7, 11) is -0.378. The number of hydrogen-bond acceptors (Lipinski definition) is 5. The van der Waals surface area contributed by atoms with E-state index in [4.69, 9.17) is 9.47 Å². The van der Waals surface area contributed by atoms with Crippen molar-refractivity contribution in [1.82, 2.24) is 13.5 Å². The first-order chi connectivity index (χ1) is 13.5. The fraction of sp³-hybridized carbons (Fsp3) is 0.632. The van der Waals surface area contributed by atoms with Gasteiger partial charge in [-0.1, -0.05) is 12.8 Å². The lowest BCUT2D eigenvalue weighted by Crippen LogP contribution is -2.54. The molecular formula is C19H29N3O5S. The molecular weight excluding hydrogens is 382 g/mol. The van der Waals surface area contributed by atoms with Crippen LogP contribution in [0.3, 0.4) is 0 Å². The Bertz CT molecular complexity index is 783. The summed E-state index contributed by atoms with van der Waals surface area (Å²) >= 11 is 0. The van der Waals surface area contributed by atoms with E-state index in [0.29, 0.717) is 56.3 Å². The first-order valence-corrected chi connectivity index (χ1v) is 11.1. The summed E-state index contributed by atoms with van der Waals surface area (Å²) in [5.74, 6) is 0.927. The molecule has 1 aromatic rings. The molecule has 0 spiro atoms. The largest absolute Gasteiger partial charge is 0.493 e. The summed E-state index contributed by atoms with van der Waals surface area (Å²) in [5.41, 5.74) is 0.501. The molecule has 2 saturated heterocycles.